The van der Waals surface area contributed by atoms with E-state index >= 15 is 0 Å². The third-order valence-electron chi connectivity index (χ3n) is 0.955. The number of hydrogen-bond donors (Lipinski definition) is 0. The van der Waals surface area contributed by atoms with Crippen molar-refractivity contribution in [3.05, 3.63) is 11.9 Å². The van der Waals surface area contributed by atoms with Gasteiger partial charge in [-0.15, -0.1) is 5.10 Å². The zero-order valence-corrected chi connectivity index (χ0v) is 6.72. The first-order valence-corrected chi connectivity index (χ1v) is 3.23. The van der Waals surface area contributed by atoms with Crippen LogP contribution in [-0.4, -0.2) is 14.8 Å². The summed E-state index contributed by atoms with van der Waals surface area (Å²) in [6.07, 6.45) is -0.662. The van der Waals surface area contributed by atoms with E-state index in [2.05, 4.69) is 10.1 Å². The molecule has 4 heteroatoms. The molecule has 1 heterocycles. The maximum Gasteiger partial charge on any atom is 0.327 e. The van der Waals surface area contributed by atoms with Crippen molar-refractivity contribution >= 4 is 0 Å². The Hall–Kier alpha value is -0.930. The molecule has 1 aromatic heterocycles. The monoisotopic (exact) mass is 145 g/mol. The molecule has 0 N–H and O–H groups in total. The highest BCUT2D eigenvalue weighted by atomic mass is 19.1. The lowest BCUT2D eigenvalue weighted by Crippen LogP contribution is -1.92. The van der Waals surface area contributed by atoms with Crippen molar-refractivity contribution in [2.24, 2.45) is 7.05 Å². The zero-order valence-electron chi connectivity index (χ0n) is 6.72. The minimum absolute atomic E-state index is 0.586. The Balaban J connectivity index is 0.000000371. The summed E-state index contributed by atoms with van der Waals surface area (Å²) in [4.78, 5) is 3.40. The quantitative estimate of drug-likeness (QED) is 0.550. The maximum atomic E-state index is 11.9. The van der Waals surface area contributed by atoms with Crippen molar-refractivity contribution in [1.82, 2.24) is 14.8 Å². The van der Waals surface area contributed by atoms with Gasteiger partial charge in [0.05, 0.1) is 0 Å². The SMILES string of the molecule is CC.Cc1nc(F)nn1C. The lowest BCUT2D eigenvalue weighted by molar-refractivity contribution is 0.528. The Morgan fingerprint density at radius 2 is 1.90 bits per heavy atom. The average molecular weight is 145 g/mol. The van der Waals surface area contributed by atoms with Crippen LogP contribution in [0.4, 0.5) is 4.39 Å². The highest BCUT2D eigenvalue weighted by molar-refractivity contribution is 4.77. The fraction of sp³-hybridized carbons (Fsp3) is 0.667. The first kappa shape index (κ1) is 9.07. The van der Waals surface area contributed by atoms with E-state index < -0.39 is 6.08 Å². The van der Waals surface area contributed by atoms with Gasteiger partial charge in [-0.2, -0.15) is 9.37 Å². The van der Waals surface area contributed by atoms with Gasteiger partial charge in [0, 0.05) is 7.05 Å². The van der Waals surface area contributed by atoms with E-state index in [1.807, 2.05) is 13.8 Å². The molecule has 0 saturated carbocycles. The molecule has 0 unspecified atom stereocenters. The van der Waals surface area contributed by atoms with Gasteiger partial charge in [0.1, 0.15) is 5.82 Å². The van der Waals surface area contributed by atoms with Gasteiger partial charge in [0.15, 0.2) is 0 Å². The predicted molar refractivity (Wildman–Crippen MR) is 37.0 cm³/mol. The van der Waals surface area contributed by atoms with E-state index in [-0.39, 0.29) is 0 Å². The third-order valence-corrected chi connectivity index (χ3v) is 0.955. The molecule has 0 bridgehead atoms. The summed E-state index contributed by atoms with van der Waals surface area (Å²) in [6.45, 7) is 5.69. The van der Waals surface area contributed by atoms with Gasteiger partial charge in [0.2, 0.25) is 0 Å². The van der Waals surface area contributed by atoms with Crippen LogP contribution in [0.3, 0.4) is 0 Å². The van der Waals surface area contributed by atoms with E-state index in [9.17, 15) is 4.39 Å². The van der Waals surface area contributed by atoms with Crippen molar-refractivity contribution in [3.8, 4) is 0 Å². The molecule has 0 aliphatic carbocycles. The smallest absolute Gasteiger partial charge is 0.251 e. The van der Waals surface area contributed by atoms with E-state index in [4.69, 9.17) is 0 Å². The summed E-state index contributed by atoms with van der Waals surface area (Å²) in [6, 6.07) is 0. The molecule has 0 amide bonds. The van der Waals surface area contributed by atoms with Crippen LogP contribution in [0.15, 0.2) is 0 Å². The van der Waals surface area contributed by atoms with Gasteiger partial charge >= 0.3 is 6.08 Å². The van der Waals surface area contributed by atoms with E-state index in [0.717, 1.165) is 0 Å². The van der Waals surface area contributed by atoms with Crippen molar-refractivity contribution in [3.63, 3.8) is 0 Å². The average Bonchev–Trinajstić information content (AvgIpc) is 2.16. The van der Waals surface area contributed by atoms with Gasteiger partial charge in [-0.25, -0.2) is 0 Å². The first-order valence-electron chi connectivity index (χ1n) is 3.23. The highest BCUT2D eigenvalue weighted by Gasteiger charge is 1.97. The minimum atomic E-state index is -0.662. The molecule has 3 nitrogen and oxygen atoms in total. The van der Waals surface area contributed by atoms with Crippen LogP contribution in [0.25, 0.3) is 0 Å². The van der Waals surface area contributed by atoms with E-state index in [1.165, 1.54) is 4.68 Å². The van der Waals surface area contributed by atoms with Crippen molar-refractivity contribution in [2.45, 2.75) is 20.8 Å². The standard InChI is InChI=1S/C4H6FN3.C2H6/c1-3-6-4(5)7-8(3)2;1-2/h1-2H3;1-2H3. The third kappa shape index (κ3) is 2.13. The minimum Gasteiger partial charge on any atom is -0.251 e. The van der Waals surface area contributed by atoms with Gasteiger partial charge in [-0.05, 0) is 6.92 Å². The number of halogens is 1. The predicted octanol–water partition coefficient (Wildman–Crippen LogP) is 1.29. The molecule has 0 aromatic carbocycles. The first-order chi connectivity index (χ1) is 4.70. The van der Waals surface area contributed by atoms with Gasteiger partial charge in [-0.1, -0.05) is 13.8 Å². The second kappa shape index (κ2) is 3.98. The fourth-order valence-electron chi connectivity index (χ4n) is 0.424. The second-order valence-electron chi connectivity index (χ2n) is 1.55. The Morgan fingerprint density at radius 1 is 1.40 bits per heavy atom. The summed E-state index contributed by atoms with van der Waals surface area (Å²) in [5, 5.41) is 3.35. The summed E-state index contributed by atoms with van der Waals surface area (Å²) in [5.74, 6) is 0.586. The van der Waals surface area contributed by atoms with Crippen LogP contribution in [0.2, 0.25) is 0 Å². The van der Waals surface area contributed by atoms with Crippen molar-refractivity contribution in [2.75, 3.05) is 0 Å². The summed E-state index contributed by atoms with van der Waals surface area (Å²) in [5.41, 5.74) is 0. The highest BCUT2D eigenvalue weighted by Crippen LogP contribution is 1.89. The molecular formula is C6H12FN3. The Morgan fingerprint density at radius 3 is 2.00 bits per heavy atom. The molecule has 58 valence electrons. The van der Waals surface area contributed by atoms with Gasteiger partial charge in [0.25, 0.3) is 0 Å². The van der Waals surface area contributed by atoms with E-state index in [0.29, 0.717) is 5.82 Å². The molecule has 0 saturated heterocycles. The topological polar surface area (TPSA) is 30.7 Å². The molecule has 10 heavy (non-hydrogen) atoms. The van der Waals surface area contributed by atoms with Crippen LogP contribution in [0.5, 0.6) is 0 Å². The zero-order chi connectivity index (χ0) is 8.15. The number of hydrogen-bond acceptors (Lipinski definition) is 2. The summed E-state index contributed by atoms with van der Waals surface area (Å²) >= 11 is 0. The van der Waals surface area contributed by atoms with Gasteiger partial charge in [-0.3, -0.25) is 4.68 Å². The van der Waals surface area contributed by atoms with Crippen LogP contribution < -0.4 is 0 Å². The molecule has 1 aromatic rings. The second-order valence-corrected chi connectivity index (χ2v) is 1.55. The van der Waals surface area contributed by atoms with Crippen LogP contribution in [-0.2, 0) is 7.05 Å². The van der Waals surface area contributed by atoms with Crippen LogP contribution in [0, 0.1) is 13.0 Å². The normalized spacial score (nSPS) is 8.50. The lowest BCUT2D eigenvalue weighted by atomic mass is 10.7. The number of aryl methyl sites for hydroxylation is 2. The summed E-state index contributed by atoms with van der Waals surface area (Å²) in [7, 11) is 1.64. The molecule has 0 radical (unpaired) electrons. The van der Waals surface area contributed by atoms with Crippen LogP contribution >= 0.6 is 0 Å². The Bertz CT molecular complexity index is 175. The lowest BCUT2D eigenvalue weighted by Gasteiger charge is -1.84. The van der Waals surface area contributed by atoms with Gasteiger partial charge < -0.3 is 0 Å². The molecule has 0 fully saturated rings. The Kier molecular flexibility index (Phi) is 3.61. The Labute approximate surface area is 59.9 Å². The largest absolute Gasteiger partial charge is 0.327 e. The van der Waals surface area contributed by atoms with E-state index in [1.54, 1.807) is 14.0 Å². The number of nitrogens with zero attached hydrogens (tertiary/aromatic N) is 3. The van der Waals surface area contributed by atoms with Crippen molar-refractivity contribution < 1.29 is 4.39 Å². The summed E-state index contributed by atoms with van der Waals surface area (Å²) < 4.78 is 13.3. The molecule has 0 spiro atoms. The molecule has 0 atom stereocenters. The van der Waals surface area contributed by atoms with Crippen LogP contribution in [0.1, 0.15) is 19.7 Å². The number of aromatic nitrogens is 3. The van der Waals surface area contributed by atoms with Crippen molar-refractivity contribution in [1.29, 1.82) is 0 Å². The molecular weight excluding hydrogens is 133 g/mol. The molecule has 0 aliphatic heterocycles. The maximum absolute atomic E-state index is 11.9. The fourth-order valence-corrected chi connectivity index (χ4v) is 0.424. The molecule has 0 aliphatic rings. The molecule has 1 rings (SSSR count). The number of rotatable bonds is 0.